The largest absolute Gasteiger partial charge is 0.331 e. The van der Waals surface area contributed by atoms with Crippen molar-refractivity contribution in [1.82, 2.24) is 5.32 Å². The van der Waals surface area contributed by atoms with Gasteiger partial charge in [-0.2, -0.15) is 0 Å². The number of benzene rings is 1. The molecule has 112 valence electrons. The summed E-state index contributed by atoms with van der Waals surface area (Å²) in [6.07, 6.45) is 0.804. The summed E-state index contributed by atoms with van der Waals surface area (Å²) in [6.45, 7) is 6.49. The summed E-state index contributed by atoms with van der Waals surface area (Å²) in [4.78, 5) is 12.0. The molecule has 20 heavy (non-hydrogen) atoms. The predicted molar refractivity (Wildman–Crippen MR) is 85.5 cm³/mol. The maximum atomic E-state index is 12.0. The topological polar surface area (TPSA) is 67.1 Å². The second-order valence-corrected chi connectivity index (χ2v) is 6.39. The van der Waals surface area contributed by atoms with Gasteiger partial charge in [-0.1, -0.05) is 37.0 Å². The molecule has 4 nitrogen and oxygen atoms in total. The van der Waals surface area contributed by atoms with E-state index in [2.05, 4.69) is 24.5 Å². The highest BCUT2D eigenvalue weighted by Crippen LogP contribution is 2.25. The number of hydrogen-bond donors (Lipinski definition) is 3. The van der Waals surface area contributed by atoms with Crippen molar-refractivity contribution in [2.24, 2.45) is 11.7 Å². The van der Waals surface area contributed by atoms with E-state index in [4.69, 9.17) is 28.9 Å². The van der Waals surface area contributed by atoms with Gasteiger partial charge in [-0.15, -0.1) is 0 Å². The van der Waals surface area contributed by atoms with Crippen LogP contribution in [-0.2, 0) is 0 Å². The van der Waals surface area contributed by atoms with Crippen molar-refractivity contribution in [2.45, 2.75) is 32.7 Å². The van der Waals surface area contributed by atoms with E-state index in [0.717, 1.165) is 6.42 Å². The number of hydrogen-bond acceptors (Lipinski definition) is 2. The molecule has 2 amide bonds. The summed E-state index contributed by atoms with van der Waals surface area (Å²) < 4.78 is 0. The lowest BCUT2D eigenvalue weighted by Gasteiger charge is -2.31. The van der Waals surface area contributed by atoms with Gasteiger partial charge in [0.25, 0.3) is 0 Å². The van der Waals surface area contributed by atoms with Crippen LogP contribution in [0, 0.1) is 5.92 Å². The van der Waals surface area contributed by atoms with E-state index in [-0.39, 0.29) is 6.03 Å². The zero-order valence-electron chi connectivity index (χ0n) is 12.0. The lowest BCUT2D eigenvalue weighted by atomic mass is 9.91. The quantitative estimate of drug-likeness (QED) is 0.771. The summed E-state index contributed by atoms with van der Waals surface area (Å²) >= 11 is 11.7. The Balaban J connectivity index is 2.68. The first-order valence-electron chi connectivity index (χ1n) is 6.50. The van der Waals surface area contributed by atoms with E-state index in [1.54, 1.807) is 18.2 Å². The zero-order valence-corrected chi connectivity index (χ0v) is 13.5. The number of carbonyl (C=O) groups excluding carboxylic acids is 1. The highest BCUT2D eigenvalue weighted by molar-refractivity contribution is 6.42. The smallest absolute Gasteiger partial charge is 0.319 e. The molecule has 1 aromatic rings. The fourth-order valence-electron chi connectivity index (χ4n) is 2.10. The summed E-state index contributed by atoms with van der Waals surface area (Å²) in [5.74, 6) is 0.439. The van der Waals surface area contributed by atoms with E-state index in [1.165, 1.54) is 0 Å². The first-order chi connectivity index (χ1) is 9.25. The Bertz CT molecular complexity index is 479. The average molecular weight is 318 g/mol. The molecular weight excluding hydrogens is 297 g/mol. The SMILES string of the molecule is CC(C)CC(C)(CN)NC(=O)Nc1ccc(Cl)c(Cl)c1. The van der Waals surface area contributed by atoms with Crippen LogP contribution >= 0.6 is 23.2 Å². The minimum absolute atomic E-state index is 0.308. The molecule has 0 bridgehead atoms. The van der Waals surface area contributed by atoms with Crippen LogP contribution in [0.25, 0.3) is 0 Å². The van der Waals surface area contributed by atoms with Crippen molar-refractivity contribution < 1.29 is 4.79 Å². The van der Waals surface area contributed by atoms with Gasteiger partial charge in [-0.05, 0) is 37.5 Å². The summed E-state index contributed by atoms with van der Waals surface area (Å²) in [5.41, 5.74) is 5.91. The van der Waals surface area contributed by atoms with E-state index in [0.29, 0.717) is 28.2 Å². The van der Waals surface area contributed by atoms with Gasteiger partial charge >= 0.3 is 6.03 Å². The van der Waals surface area contributed by atoms with Crippen LogP contribution in [-0.4, -0.2) is 18.1 Å². The third kappa shape index (κ3) is 5.19. The predicted octanol–water partition coefficient (Wildman–Crippen LogP) is 3.88. The molecule has 4 N–H and O–H groups in total. The number of anilines is 1. The lowest BCUT2D eigenvalue weighted by molar-refractivity contribution is 0.233. The Morgan fingerprint density at radius 1 is 1.35 bits per heavy atom. The van der Waals surface area contributed by atoms with Crippen LogP contribution < -0.4 is 16.4 Å². The van der Waals surface area contributed by atoms with Crippen LogP contribution in [0.15, 0.2) is 18.2 Å². The lowest BCUT2D eigenvalue weighted by Crippen LogP contribution is -2.53. The molecule has 1 atom stereocenters. The van der Waals surface area contributed by atoms with Crippen LogP contribution in [0.5, 0.6) is 0 Å². The van der Waals surface area contributed by atoms with E-state index in [9.17, 15) is 4.79 Å². The molecule has 0 fully saturated rings. The Kier molecular flexibility index (Phi) is 6.11. The molecule has 1 rings (SSSR count). The molecule has 1 aromatic carbocycles. The van der Waals surface area contributed by atoms with Gasteiger partial charge in [-0.3, -0.25) is 0 Å². The molecule has 0 spiro atoms. The minimum atomic E-state index is -0.436. The zero-order chi connectivity index (χ0) is 15.3. The molecular formula is C14H21Cl2N3O. The van der Waals surface area contributed by atoms with Gasteiger partial charge in [0.2, 0.25) is 0 Å². The Morgan fingerprint density at radius 2 is 2.00 bits per heavy atom. The van der Waals surface area contributed by atoms with Crippen LogP contribution in [0.1, 0.15) is 27.2 Å². The van der Waals surface area contributed by atoms with E-state index >= 15 is 0 Å². The van der Waals surface area contributed by atoms with Crippen molar-refractivity contribution in [1.29, 1.82) is 0 Å². The van der Waals surface area contributed by atoms with Crippen molar-refractivity contribution in [3.8, 4) is 0 Å². The normalized spacial score (nSPS) is 13.9. The van der Waals surface area contributed by atoms with Crippen LogP contribution in [0.4, 0.5) is 10.5 Å². The molecule has 1 unspecified atom stereocenters. The number of carbonyl (C=O) groups is 1. The molecule has 0 aliphatic heterocycles. The van der Waals surface area contributed by atoms with Crippen LogP contribution in [0.2, 0.25) is 10.0 Å². The first kappa shape index (κ1) is 17.1. The molecule has 0 heterocycles. The number of rotatable bonds is 5. The number of nitrogens with one attached hydrogen (secondary N) is 2. The maximum Gasteiger partial charge on any atom is 0.319 e. The van der Waals surface area contributed by atoms with Crippen molar-refractivity contribution >= 4 is 34.9 Å². The average Bonchev–Trinajstić information content (AvgIpc) is 2.32. The molecule has 0 aromatic heterocycles. The van der Waals surface area contributed by atoms with Crippen molar-refractivity contribution in [2.75, 3.05) is 11.9 Å². The van der Waals surface area contributed by atoms with Gasteiger partial charge in [0.1, 0.15) is 0 Å². The van der Waals surface area contributed by atoms with Gasteiger partial charge < -0.3 is 16.4 Å². The third-order valence-electron chi connectivity index (χ3n) is 2.90. The Labute approximate surface area is 130 Å². The summed E-state index contributed by atoms with van der Waals surface area (Å²) in [6, 6.07) is 4.62. The van der Waals surface area contributed by atoms with E-state index in [1.807, 2.05) is 6.92 Å². The standard InChI is InChI=1S/C14H21Cl2N3O/c1-9(2)7-14(3,8-17)19-13(20)18-10-4-5-11(15)12(16)6-10/h4-6,9H,7-8,17H2,1-3H3,(H2,18,19,20). The number of amides is 2. The van der Waals surface area contributed by atoms with Crippen LogP contribution in [0.3, 0.4) is 0 Å². The van der Waals surface area contributed by atoms with Crippen molar-refractivity contribution in [3.63, 3.8) is 0 Å². The van der Waals surface area contributed by atoms with Gasteiger partial charge in [0.15, 0.2) is 0 Å². The third-order valence-corrected chi connectivity index (χ3v) is 3.64. The maximum absolute atomic E-state index is 12.0. The molecule has 6 heteroatoms. The van der Waals surface area contributed by atoms with E-state index < -0.39 is 5.54 Å². The fraction of sp³-hybridized carbons (Fsp3) is 0.500. The Morgan fingerprint density at radius 3 is 2.50 bits per heavy atom. The second-order valence-electron chi connectivity index (χ2n) is 5.57. The number of halogens is 2. The highest BCUT2D eigenvalue weighted by Gasteiger charge is 2.25. The number of nitrogens with two attached hydrogens (primary N) is 1. The van der Waals surface area contributed by atoms with Gasteiger partial charge in [0.05, 0.1) is 15.6 Å². The molecule has 0 radical (unpaired) electrons. The molecule has 0 saturated heterocycles. The number of urea groups is 1. The first-order valence-corrected chi connectivity index (χ1v) is 7.25. The highest BCUT2D eigenvalue weighted by atomic mass is 35.5. The van der Waals surface area contributed by atoms with Crippen molar-refractivity contribution in [3.05, 3.63) is 28.2 Å². The minimum Gasteiger partial charge on any atom is -0.331 e. The molecule has 0 aliphatic rings. The molecule has 0 aliphatic carbocycles. The summed E-state index contributed by atoms with van der Waals surface area (Å²) in [7, 11) is 0. The fourth-order valence-corrected chi connectivity index (χ4v) is 2.39. The Hall–Kier alpha value is -0.970. The monoisotopic (exact) mass is 317 g/mol. The second kappa shape index (κ2) is 7.16. The summed E-state index contributed by atoms with van der Waals surface area (Å²) in [5, 5.41) is 6.48. The van der Waals surface area contributed by atoms with Gasteiger partial charge in [-0.25, -0.2) is 4.79 Å². The van der Waals surface area contributed by atoms with Gasteiger partial charge in [0, 0.05) is 12.2 Å². The molecule has 0 saturated carbocycles.